The molecule has 3 N–H and O–H groups in total. The second kappa shape index (κ2) is 6.96. The maximum absolute atomic E-state index is 9.23. The third-order valence-electron chi connectivity index (χ3n) is 5.17. The Labute approximate surface area is 148 Å². The van der Waals surface area contributed by atoms with E-state index in [1.165, 1.54) is 27.5 Å². The minimum absolute atomic E-state index is 0.0278. The van der Waals surface area contributed by atoms with Crippen molar-refractivity contribution in [3.05, 3.63) is 82.9 Å². The number of nitrogens with zero attached hydrogens (tertiary/aromatic N) is 1. The van der Waals surface area contributed by atoms with Crippen LogP contribution in [0.4, 0.5) is 0 Å². The molecule has 3 nitrogen and oxygen atoms in total. The van der Waals surface area contributed by atoms with E-state index in [4.69, 9.17) is 5.73 Å². The van der Waals surface area contributed by atoms with Crippen LogP contribution in [0.25, 0.3) is 10.8 Å². The normalized spacial score (nSPS) is 15.9. The molecule has 3 aromatic carbocycles. The van der Waals surface area contributed by atoms with E-state index in [0.29, 0.717) is 0 Å². The van der Waals surface area contributed by atoms with Crippen molar-refractivity contribution in [2.75, 3.05) is 13.2 Å². The highest BCUT2D eigenvalue weighted by Gasteiger charge is 2.15. The van der Waals surface area contributed by atoms with Crippen LogP contribution in [0.3, 0.4) is 0 Å². The van der Waals surface area contributed by atoms with Crippen molar-refractivity contribution >= 4 is 10.8 Å². The van der Waals surface area contributed by atoms with Crippen molar-refractivity contribution in [2.24, 2.45) is 5.73 Å². The summed E-state index contributed by atoms with van der Waals surface area (Å²) in [4.78, 5) is 2.51. The zero-order valence-electron chi connectivity index (χ0n) is 14.4. The summed E-state index contributed by atoms with van der Waals surface area (Å²) in [6.07, 6.45) is 1.13. The zero-order chi connectivity index (χ0) is 17.2. The van der Waals surface area contributed by atoms with Crippen molar-refractivity contribution in [1.29, 1.82) is 0 Å². The summed E-state index contributed by atoms with van der Waals surface area (Å²) in [6.45, 7) is 3.08. The van der Waals surface area contributed by atoms with Crippen molar-refractivity contribution in [2.45, 2.75) is 25.6 Å². The average Bonchev–Trinajstić information content (AvgIpc) is 2.67. The van der Waals surface area contributed by atoms with Gasteiger partial charge in [0, 0.05) is 19.6 Å². The molecule has 0 aliphatic carbocycles. The number of nitrogens with two attached hydrogens (primary N) is 1. The molecule has 4 rings (SSSR count). The second-order valence-corrected chi connectivity index (χ2v) is 6.96. The molecule has 0 saturated carbocycles. The molecule has 128 valence electrons. The summed E-state index contributed by atoms with van der Waals surface area (Å²) in [5, 5.41) is 11.6. The molecule has 1 aliphatic heterocycles. The third kappa shape index (κ3) is 3.45. The molecule has 0 bridgehead atoms. The molecule has 3 aromatic rings. The third-order valence-corrected chi connectivity index (χ3v) is 5.17. The Hall–Kier alpha value is -2.20. The fraction of sp³-hybridized carbons (Fsp3) is 0.273. The lowest BCUT2D eigenvalue weighted by molar-refractivity contribution is 0.245. The standard InChI is InChI=1S/C22H24N2O/c23-22(15-25)20-8-7-18-11-16(5-6-19(18)12-20)13-24-10-9-17-3-1-2-4-21(17)14-24/h1-8,11-12,22,25H,9-10,13-15,23H2. The maximum atomic E-state index is 9.23. The first kappa shape index (κ1) is 16.3. The van der Waals surface area contributed by atoms with Crippen LogP contribution >= 0.6 is 0 Å². The summed E-state index contributed by atoms with van der Waals surface area (Å²) >= 11 is 0. The highest BCUT2D eigenvalue weighted by atomic mass is 16.3. The number of aliphatic hydroxyl groups is 1. The van der Waals surface area contributed by atoms with E-state index in [2.05, 4.69) is 59.5 Å². The van der Waals surface area contributed by atoms with Crippen LogP contribution in [0, 0.1) is 0 Å². The number of fused-ring (bicyclic) bond motifs is 2. The van der Waals surface area contributed by atoms with Crippen LogP contribution in [0.1, 0.15) is 28.3 Å². The summed E-state index contributed by atoms with van der Waals surface area (Å²) in [7, 11) is 0. The molecule has 0 spiro atoms. The Morgan fingerprint density at radius 1 is 0.960 bits per heavy atom. The highest BCUT2D eigenvalue weighted by Crippen LogP contribution is 2.24. The number of hydrogen-bond acceptors (Lipinski definition) is 3. The van der Waals surface area contributed by atoms with Crippen molar-refractivity contribution < 1.29 is 5.11 Å². The molecule has 1 atom stereocenters. The summed E-state index contributed by atoms with van der Waals surface area (Å²) in [6, 6.07) is 21.3. The maximum Gasteiger partial charge on any atom is 0.0624 e. The monoisotopic (exact) mass is 332 g/mol. The molecule has 1 heterocycles. The van der Waals surface area contributed by atoms with Gasteiger partial charge in [0.15, 0.2) is 0 Å². The van der Waals surface area contributed by atoms with Crippen molar-refractivity contribution in [1.82, 2.24) is 4.90 Å². The van der Waals surface area contributed by atoms with Gasteiger partial charge in [-0.1, -0.05) is 48.5 Å². The minimum atomic E-state index is -0.308. The van der Waals surface area contributed by atoms with Crippen LogP contribution in [-0.4, -0.2) is 23.2 Å². The number of benzene rings is 3. The van der Waals surface area contributed by atoms with Crippen LogP contribution in [0.2, 0.25) is 0 Å². The SMILES string of the molecule is NC(CO)c1ccc2cc(CN3CCc4ccccc4C3)ccc2c1. The van der Waals surface area contributed by atoms with E-state index < -0.39 is 0 Å². The molecule has 0 amide bonds. The number of rotatable bonds is 4. The summed E-state index contributed by atoms with van der Waals surface area (Å²) in [5.74, 6) is 0. The van der Waals surface area contributed by atoms with Gasteiger partial charge >= 0.3 is 0 Å². The van der Waals surface area contributed by atoms with Gasteiger partial charge in [0.2, 0.25) is 0 Å². The first-order chi connectivity index (χ1) is 12.2. The van der Waals surface area contributed by atoms with Gasteiger partial charge in [0.05, 0.1) is 12.6 Å². The van der Waals surface area contributed by atoms with E-state index in [1.54, 1.807) is 0 Å². The largest absolute Gasteiger partial charge is 0.394 e. The van der Waals surface area contributed by atoms with Crippen LogP contribution in [0.15, 0.2) is 60.7 Å². The Kier molecular flexibility index (Phi) is 4.53. The molecule has 25 heavy (non-hydrogen) atoms. The van der Waals surface area contributed by atoms with Gasteiger partial charge in [-0.3, -0.25) is 4.90 Å². The number of aliphatic hydroxyl groups excluding tert-OH is 1. The molecule has 0 saturated heterocycles. The molecule has 3 heteroatoms. The van der Waals surface area contributed by atoms with E-state index >= 15 is 0 Å². The van der Waals surface area contributed by atoms with E-state index in [0.717, 1.165) is 31.6 Å². The fourth-order valence-electron chi connectivity index (χ4n) is 3.70. The van der Waals surface area contributed by atoms with E-state index in [1.807, 2.05) is 6.07 Å². The lowest BCUT2D eigenvalue weighted by Gasteiger charge is -2.28. The zero-order valence-corrected chi connectivity index (χ0v) is 14.4. The Morgan fingerprint density at radius 3 is 2.56 bits per heavy atom. The predicted molar refractivity (Wildman–Crippen MR) is 102 cm³/mol. The highest BCUT2D eigenvalue weighted by molar-refractivity contribution is 5.84. The molecule has 0 aromatic heterocycles. The minimum Gasteiger partial charge on any atom is -0.394 e. The molecular weight excluding hydrogens is 308 g/mol. The first-order valence-corrected chi connectivity index (χ1v) is 8.91. The van der Waals surface area contributed by atoms with Gasteiger partial charge in [0.1, 0.15) is 0 Å². The van der Waals surface area contributed by atoms with Gasteiger partial charge in [-0.05, 0) is 51.6 Å². The topological polar surface area (TPSA) is 49.5 Å². The fourth-order valence-corrected chi connectivity index (χ4v) is 3.70. The number of hydrogen-bond donors (Lipinski definition) is 2. The van der Waals surface area contributed by atoms with Gasteiger partial charge in [0.25, 0.3) is 0 Å². The second-order valence-electron chi connectivity index (χ2n) is 6.96. The molecular formula is C22H24N2O. The van der Waals surface area contributed by atoms with Gasteiger partial charge in [-0.15, -0.1) is 0 Å². The molecule has 1 unspecified atom stereocenters. The quantitative estimate of drug-likeness (QED) is 0.770. The molecule has 1 aliphatic rings. The van der Waals surface area contributed by atoms with E-state index in [-0.39, 0.29) is 12.6 Å². The van der Waals surface area contributed by atoms with Gasteiger partial charge < -0.3 is 10.8 Å². The smallest absolute Gasteiger partial charge is 0.0624 e. The van der Waals surface area contributed by atoms with E-state index in [9.17, 15) is 5.11 Å². The van der Waals surface area contributed by atoms with Gasteiger partial charge in [-0.25, -0.2) is 0 Å². The van der Waals surface area contributed by atoms with Crippen LogP contribution in [0.5, 0.6) is 0 Å². The van der Waals surface area contributed by atoms with Crippen molar-refractivity contribution in [3.8, 4) is 0 Å². The lowest BCUT2D eigenvalue weighted by atomic mass is 9.98. The Balaban J connectivity index is 1.52. The Bertz CT molecular complexity index is 890. The average molecular weight is 332 g/mol. The molecule has 0 radical (unpaired) electrons. The summed E-state index contributed by atoms with van der Waals surface area (Å²) in [5.41, 5.74) is 11.2. The van der Waals surface area contributed by atoms with Gasteiger partial charge in [-0.2, -0.15) is 0 Å². The van der Waals surface area contributed by atoms with Crippen LogP contribution in [-0.2, 0) is 19.5 Å². The van der Waals surface area contributed by atoms with Crippen molar-refractivity contribution in [3.63, 3.8) is 0 Å². The Morgan fingerprint density at radius 2 is 1.72 bits per heavy atom. The molecule has 0 fully saturated rings. The summed E-state index contributed by atoms with van der Waals surface area (Å²) < 4.78 is 0. The predicted octanol–water partition coefficient (Wildman–Crippen LogP) is 3.39. The first-order valence-electron chi connectivity index (χ1n) is 8.91. The lowest BCUT2D eigenvalue weighted by Crippen LogP contribution is -2.29. The van der Waals surface area contributed by atoms with Crippen LogP contribution < -0.4 is 5.73 Å².